The number of fused-ring (bicyclic) bond motifs is 1. The van der Waals surface area contributed by atoms with E-state index < -0.39 is 0 Å². The van der Waals surface area contributed by atoms with Crippen LogP contribution in [0.3, 0.4) is 0 Å². The van der Waals surface area contributed by atoms with Gasteiger partial charge in [0.1, 0.15) is 5.52 Å². The fourth-order valence-electron chi connectivity index (χ4n) is 4.34. The lowest BCUT2D eigenvalue weighted by Gasteiger charge is -2.33. The summed E-state index contributed by atoms with van der Waals surface area (Å²) in [6, 6.07) is 6.08. The van der Waals surface area contributed by atoms with Crippen molar-refractivity contribution >= 4 is 34.6 Å². The molecule has 1 amide bonds. The highest BCUT2D eigenvalue weighted by Gasteiger charge is 2.49. The first-order valence-corrected chi connectivity index (χ1v) is 9.60. The van der Waals surface area contributed by atoms with E-state index in [0.29, 0.717) is 28.9 Å². The number of rotatable bonds is 2. The molecule has 1 aromatic heterocycles. The SMILES string of the molecule is O=C(C1CCCN(c2nc3cc(Cl)ccc3o2)C1)N1CCC2(CC2)C1. The second kappa shape index (κ2) is 5.63. The Morgan fingerprint density at radius 2 is 2.16 bits per heavy atom. The van der Waals surface area contributed by atoms with Crippen LogP contribution in [0.2, 0.25) is 5.02 Å². The van der Waals surface area contributed by atoms with Gasteiger partial charge in [-0.1, -0.05) is 11.6 Å². The van der Waals surface area contributed by atoms with Crippen molar-refractivity contribution in [1.29, 1.82) is 0 Å². The number of aromatic nitrogens is 1. The molecule has 25 heavy (non-hydrogen) atoms. The zero-order valence-electron chi connectivity index (χ0n) is 14.2. The van der Waals surface area contributed by atoms with E-state index in [1.165, 1.54) is 19.3 Å². The van der Waals surface area contributed by atoms with Gasteiger partial charge in [0.15, 0.2) is 5.58 Å². The summed E-state index contributed by atoms with van der Waals surface area (Å²) in [5.41, 5.74) is 2.00. The summed E-state index contributed by atoms with van der Waals surface area (Å²) in [6.45, 7) is 3.50. The first-order valence-electron chi connectivity index (χ1n) is 9.22. The quantitative estimate of drug-likeness (QED) is 0.820. The Morgan fingerprint density at radius 3 is 2.96 bits per heavy atom. The topological polar surface area (TPSA) is 49.6 Å². The van der Waals surface area contributed by atoms with Crippen molar-refractivity contribution in [3.05, 3.63) is 23.2 Å². The van der Waals surface area contributed by atoms with Crippen molar-refractivity contribution in [3.8, 4) is 0 Å². The number of anilines is 1. The number of benzene rings is 1. The van der Waals surface area contributed by atoms with Gasteiger partial charge in [0.05, 0.1) is 5.92 Å². The lowest BCUT2D eigenvalue weighted by molar-refractivity contribution is -0.134. The normalized spacial score (nSPS) is 25.1. The van der Waals surface area contributed by atoms with Crippen LogP contribution in [0.5, 0.6) is 0 Å². The number of hydrogen-bond donors (Lipinski definition) is 0. The van der Waals surface area contributed by atoms with Crippen LogP contribution in [-0.2, 0) is 4.79 Å². The molecule has 2 aromatic rings. The molecule has 3 aliphatic rings. The molecule has 5 rings (SSSR count). The Labute approximate surface area is 151 Å². The Bertz CT molecular complexity index is 829. The minimum absolute atomic E-state index is 0.0567. The van der Waals surface area contributed by atoms with Crippen molar-refractivity contribution in [3.63, 3.8) is 0 Å². The number of nitrogens with zero attached hydrogens (tertiary/aromatic N) is 3. The van der Waals surface area contributed by atoms with Crippen LogP contribution in [0.4, 0.5) is 6.01 Å². The van der Waals surface area contributed by atoms with Gasteiger partial charge in [0.2, 0.25) is 5.91 Å². The molecule has 1 aliphatic carbocycles. The molecule has 3 heterocycles. The highest BCUT2D eigenvalue weighted by molar-refractivity contribution is 6.31. The van der Waals surface area contributed by atoms with Crippen molar-refractivity contribution in [2.24, 2.45) is 11.3 Å². The summed E-state index contributed by atoms with van der Waals surface area (Å²) >= 11 is 6.03. The van der Waals surface area contributed by atoms with Gasteiger partial charge in [0.25, 0.3) is 6.01 Å². The number of likely N-dealkylation sites (tertiary alicyclic amines) is 1. The van der Waals surface area contributed by atoms with Gasteiger partial charge < -0.3 is 14.2 Å². The largest absolute Gasteiger partial charge is 0.423 e. The Kier molecular flexibility index (Phi) is 3.49. The molecule has 1 aromatic carbocycles. The molecule has 1 spiro atoms. The van der Waals surface area contributed by atoms with Crippen LogP contribution < -0.4 is 4.90 Å². The number of piperidine rings is 1. The van der Waals surface area contributed by atoms with Gasteiger partial charge in [-0.05, 0) is 55.7 Å². The number of halogens is 1. The van der Waals surface area contributed by atoms with Crippen LogP contribution in [0.25, 0.3) is 11.1 Å². The van der Waals surface area contributed by atoms with E-state index in [9.17, 15) is 4.79 Å². The Balaban J connectivity index is 1.32. The Hall–Kier alpha value is -1.75. The van der Waals surface area contributed by atoms with Crippen LogP contribution in [0.1, 0.15) is 32.1 Å². The summed E-state index contributed by atoms with van der Waals surface area (Å²) in [4.78, 5) is 21.7. The zero-order valence-corrected chi connectivity index (χ0v) is 15.0. The number of carbonyl (C=O) groups excluding carboxylic acids is 1. The van der Waals surface area contributed by atoms with Crippen molar-refractivity contribution in [2.75, 3.05) is 31.1 Å². The third-order valence-electron chi connectivity index (χ3n) is 6.09. The van der Waals surface area contributed by atoms with Gasteiger partial charge >= 0.3 is 0 Å². The lowest BCUT2D eigenvalue weighted by Crippen LogP contribution is -2.44. The maximum Gasteiger partial charge on any atom is 0.298 e. The lowest BCUT2D eigenvalue weighted by atomic mass is 9.97. The van der Waals surface area contributed by atoms with E-state index in [-0.39, 0.29) is 5.92 Å². The van der Waals surface area contributed by atoms with E-state index >= 15 is 0 Å². The van der Waals surface area contributed by atoms with Gasteiger partial charge in [-0.3, -0.25) is 4.79 Å². The maximum absolute atomic E-state index is 12.9. The Morgan fingerprint density at radius 1 is 1.28 bits per heavy atom. The maximum atomic E-state index is 12.9. The van der Waals surface area contributed by atoms with Gasteiger partial charge in [-0.2, -0.15) is 4.98 Å². The summed E-state index contributed by atoms with van der Waals surface area (Å²) in [6.07, 6.45) is 5.76. The van der Waals surface area contributed by atoms with Crippen molar-refractivity contribution < 1.29 is 9.21 Å². The summed E-state index contributed by atoms with van der Waals surface area (Å²) in [5, 5.41) is 0.655. The van der Waals surface area contributed by atoms with Crippen molar-refractivity contribution in [2.45, 2.75) is 32.1 Å². The molecule has 1 saturated carbocycles. The van der Waals surface area contributed by atoms with Gasteiger partial charge in [-0.25, -0.2) is 0 Å². The summed E-state index contributed by atoms with van der Waals surface area (Å²) in [7, 11) is 0. The second-order valence-electron chi connectivity index (χ2n) is 7.90. The van der Waals surface area contributed by atoms with Crippen LogP contribution >= 0.6 is 11.6 Å². The fraction of sp³-hybridized carbons (Fsp3) is 0.579. The molecular weight excluding hydrogens is 338 g/mol. The van der Waals surface area contributed by atoms with E-state index in [1.54, 1.807) is 0 Å². The molecule has 6 heteroatoms. The average molecular weight is 360 g/mol. The molecular formula is C19H22ClN3O2. The predicted molar refractivity (Wildman–Crippen MR) is 96.8 cm³/mol. The molecule has 3 fully saturated rings. The first-order chi connectivity index (χ1) is 12.1. The van der Waals surface area contributed by atoms with E-state index in [2.05, 4.69) is 14.8 Å². The van der Waals surface area contributed by atoms with Crippen LogP contribution in [0.15, 0.2) is 22.6 Å². The third kappa shape index (κ3) is 2.78. The molecule has 0 N–H and O–H groups in total. The number of oxazole rings is 1. The first kappa shape index (κ1) is 15.5. The average Bonchev–Trinajstić information content (AvgIpc) is 3.05. The number of hydrogen-bond acceptors (Lipinski definition) is 4. The van der Waals surface area contributed by atoms with E-state index in [4.69, 9.17) is 16.0 Å². The second-order valence-corrected chi connectivity index (χ2v) is 8.34. The van der Waals surface area contributed by atoms with E-state index in [1.807, 2.05) is 18.2 Å². The molecule has 5 nitrogen and oxygen atoms in total. The van der Waals surface area contributed by atoms with Crippen LogP contribution in [-0.4, -0.2) is 42.0 Å². The van der Waals surface area contributed by atoms with Gasteiger partial charge in [-0.15, -0.1) is 0 Å². The molecule has 2 aliphatic heterocycles. The number of amides is 1. The fourth-order valence-corrected chi connectivity index (χ4v) is 4.51. The summed E-state index contributed by atoms with van der Waals surface area (Å²) in [5.74, 6) is 0.383. The standard InChI is InChI=1S/C19H22ClN3O2/c20-14-3-4-16-15(10-14)21-18(25-16)22-8-1-2-13(11-22)17(24)23-9-7-19(12-23)5-6-19/h3-4,10,13H,1-2,5-9,11-12H2. The minimum atomic E-state index is 0.0567. The zero-order chi connectivity index (χ0) is 17.0. The molecule has 132 valence electrons. The van der Waals surface area contributed by atoms with Crippen LogP contribution in [0, 0.1) is 11.3 Å². The molecule has 2 saturated heterocycles. The monoisotopic (exact) mass is 359 g/mol. The highest BCUT2D eigenvalue weighted by atomic mass is 35.5. The molecule has 1 unspecified atom stereocenters. The predicted octanol–water partition coefficient (Wildman–Crippen LogP) is 3.71. The number of carbonyl (C=O) groups is 1. The van der Waals surface area contributed by atoms with Crippen molar-refractivity contribution in [1.82, 2.24) is 9.88 Å². The molecule has 1 atom stereocenters. The highest BCUT2D eigenvalue weighted by Crippen LogP contribution is 2.52. The minimum Gasteiger partial charge on any atom is -0.423 e. The molecule has 0 bridgehead atoms. The molecule has 0 radical (unpaired) electrons. The summed E-state index contributed by atoms with van der Waals surface area (Å²) < 4.78 is 5.89. The third-order valence-corrected chi connectivity index (χ3v) is 6.32. The smallest absolute Gasteiger partial charge is 0.298 e. The van der Waals surface area contributed by atoms with Gasteiger partial charge in [0, 0.05) is 31.2 Å². The van der Waals surface area contributed by atoms with E-state index in [0.717, 1.165) is 43.6 Å².